The Morgan fingerprint density at radius 1 is 1.40 bits per heavy atom. The van der Waals surface area contributed by atoms with Crippen LogP contribution in [0.25, 0.3) is 0 Å². The summed E-state index contributed by atoms with van der Waals surface area (Å²) < 4.78 is 26.2. The number of nitrogen functional groups attached to an aromatic ring is 1. The number of nitrogens with two attached hydrogens (primary N) is 1. The highest BCUT2D eigenvalue weighted by atomic mass is 32.2. The van der Waals surface area contributed by atoms with E-state index in [0.29, 0.717) is 12.1 Å². The number of sulfonamides is 1. The Kier molecular flexibility index (Phi) is 4.45. The van der Waals surface area contributed by atoms with Gasteiger partial charge in [0.25, 0.3) is 0 Å². The monoisotopic (exact) mass is 295 g/mol. The molecule has 110 valence electrons. The average Bonchev–Trinajstić information content (AvgIpc) is 2.93. The highest BCUT2D eigenvalue weighted by Crippen LogP contribution is 2.27. The first-order valence-corrected chi connectivity index (χ1v) is 8.30. The molecule has 6 heteroatoms. The Labute approximate surface area is 120 Å². The molecule has 0 amide bonds. The molecule has 1 aromatic rings. The summed E-state index contributed by atoms with van der Waals surface area (Å²) in [5.41, 5.74) is 6.92. The van der Waals surface area contributed by atoms with Crippen molar-refractivity contribution in [3.63, 3.8) is 0 Å². The van der Waals surface area contributed by atoms with Crippen LogP contribution in [0, 0.1) is 5.41 Å². The molecular formula is C14H21N3O2S. The number of amidine groups is 1. The van der Waals surface area contributed by atoms with Crippen molar-refractivity contribution in [2.45, 2.75) is 37.5 Å². The molecule has 2 rings (SSSR count). The molecular weight excluding hydrogens is 274 g/mol. The molecule has 0 heterocycles. The predicted molar refractivity (Wildman–Crippen MR) is 80.1 cm³/mol. The molecule has 0 aromatic heterocycles. The third-order valence-electron chi connectivity index (χ3n) is 3.80. The van der Waals surface area contributed by atoms with Crippen LogP contribution in [0.4, 0.5) is 0 Å². The van der Waals surface area contributed by atoms with E-state index in [4.69, 9.17) is 11.1 Å². The van der Waals surface area contributed by atoms with Crippen LogP contribution in [0.5, 0.6) is 0 Å². The summed E-state index contributed by atoms with van der Waals surface area (Å²) in [5, 5.41) is 7.19. The maximum Gasteiger partial charge on any atom is 0.217 e. The third-order valence-corrected chi connectivity index (χ3v) is 6.11. The standard InChI is InChI=1S/C14H21N3O2S/c1-17(20(18,19)13-7-2-3-8-13)10-11-5-4-6-12(9-11)14(15)16/h4-6,9,13H,2-3,7-8,10H2,1H3,(H3,15,16). The first kappa shape index (κ1) is 15.0. The van der Waals surface area contributed by atoms with Crippen LogP contribution in [0.1, 0.15) is 36.8 Å². The van der Waals surface area contributed by atoms with Gasteiger partial charge in [-0.25, -0.2) is 12.7 Å². The fourth-order valence-electron chi connectivity index (χ4n) is 2.62. The van der Waals surface area contributed by atoms with Gasteiger partial charge in [0.1, 0.15) is 5.84 Å². The lowest BCUT2D eigenvalue weighted by molar-refractivity contribution is 0.455. The van der Waals surface area contributed by atoms with Crippen LogP contribution in [0.2, 0.25) is 0 Å². The largest absolute Gasteiger partial charge is 0.384 e. The smallest absolute Gasteiger partial charge is 0.217 e. The van der Waals surface area contributed by atoms with Crippen LogP contribution >= 0.6 is 0 Å². The summed E-state index contributed by atoms with van der Waals surface area (Å²) >= 11 is 0. The first-order chi connectivity index (χ1) is 9.41. The number of nitrogens with one attached hydrogen (secondary N) is 1. The second kappa shape index (κ2) is 5.93. The molecule has 0 bridgehead atoms. The molecule has 20 heavy (non-hydrogen) atoms. The third kappa shape index (κ3) is 3.19. The number of rotatable bonds is 5. The molecule has 0 atom stereocenters. The normalized spacial score (nSPS) is 16.7. The van der Waals surface area contributed by atoms with Crippen molar-refractivity contribution < 1.29 is 8.42 Å². The minimum Gasteiger partial charge on any atom is -0.384 e. The summed E-state index contributed by atoms with van der Waals surface area (Å²) in [6.45, 7) is 0.319. The second-order valence-corrected chi connectivity index (χ2v) is 7.64. The fraction of sp³-hybridized carbons (Fsp3) is 0.500. The Bertz CT molecular complexity index is 592. The Morgan fingerprint density at radius 3 is 2.65 bits per heavy atom. The first-order valence-electron chi connectivity index (χ1n) is 6.80. The lowest BCUT2D eigenvalue weighted by atomic mass is 10.1. The summed E-state index contributed by atoms with van der Waals surface area (Å²) in [4.78, 5) is 0. The van der Waals surface area contributed by atoms with Crippen LogP contribution in [0.15, 0.2) is 24.3 Å². The van der Waals surface area contributed by atoms with E-state index in [-0.39, 0.29) is 11.1 Å². The topological polar surface area (TPSA) is 87.2 Å². The van der Waals surface area contributed by atoms with Crippen LogP contribution in [0.3, 0.4) is 0 Å². The van der Waals surface area contributed by atoms with E-state index in [9.17, 15) is 8.42 Å². The molecule has 1 saturated carbocycles. The van der Waals surface area contributed by atoms with E-state index in [2.05, 4.69) is 0 Å². The maximum absolute atomic E-state index is 12.4. The van der Waals surface area contributed by atoms with Crippen molar-refractivity contribution in [3.8, 4) is 0 Å². The van der Waals surface area contributed by atoms with Gasteiger partial charge in [-0.3, -0.25) is 5.41 Å². The highest BCUT2D eigenvalue weighted by Gasteiger charge is 2.32. The number of nitrogens with zero attached hydrogens (tertiary/aromatic N) is 1. The van der Waals surface area contributed by atoms with Crippen molar-refractivity contribution in [1.29, 1.82) is 5.41 Å². The van der Waals surface area contributed by atoms with Gasteiger partial charge in [-0.2, -0.15) is 0 Å². The average molecular weight is 295 g/mol. The molecule has 3 N–H and O–H groups in total. The van der Waals surface area contributed by atoms with Gasteiger partial charge in [0.2, 0.25) is 10.0 Å². The molecule has 1 aliphatic rings. The van der Waals surface area contributed by atoms with Crippen LogP contribution in [-0.2, 0) is 16.6 Å². The molecule has 0 radical (unpaired) electrons. The van der Waals surface area contributed by atoms with Gasteiger partial charge >= 0.3 is 0 Å². The lowest BCUT2D eigenvalue weighted by Crippen LogP contribution is -2.34. The van der Waals surface area contributed by atoms with E-state index < -0.39 is 10.0 Å². The molecule has 5 nitrogen and oxygen atoms in total. The van der Waals surface area contributed by atoms with Crippen LogP contribution < -0.4 is 5.73 Å². The fourth-order valence-corrected chi connectivity index (χ4v) is 4.39. The summed E-state index contributed by atoms with van der Waals surface area (Å²) in [5.74, 6) is -0.00634. The SMILES string of the molecule is CN(Cc1cccc(C(=N)N)c1)S(=O)(=O)C1CCCC1. The van der Waals surface area contributed by atoms with Crippen molar-refractivity contribution in [1.82, 2.24) is 4.31 Å². The number of benzene rings is 1. The Balaban J connectivity index is 2.13. The van der Waals surface area contributed by atoms with E-state index in [0.717, 1.165) is 31.2 Å². The number of hydrogen-bond acceptors (Lipinski definition) is 3. The Morgan fingerprint density at radius 2 is 2.05 bits per heavy atom. The second-order valence-electron chi connectivity index (χ2n) is 5.32. The predicted octanol–water partition coefficient (Wildman–Crippen LogP) is 1.67. The summed E-state index contributed by atoms with van der Waals surface area (Å²) in [6, 6.07) is 7.16. The Hall–Kier alpha value is -1.40. The lowest BCUT2D eigenvalue weighted by Gasteiger charge is -2.21. The van der Waals surface area contributed by atoms with E-state index >= 15 is 0 Å². The molecule has 0 spiro atoms. The van der Waals surface area contributed by atoms with Gasteiger partial charge in [0.15, 0.2) is 0 Å². The van der Waals surface area contributed by atoms with Gasteiger partial charge in [0.05, 0.1) is 5.25 Å². The van der Waals surface area contributed by atoms with Crippen molar-refractivity contribution in [3.05, 3.63) is 35.4 Å². The highest BCUT2D eigenvalue weighted by molar-refractivity contribution is 7.89. The molecule has 0 saturated heterocycles. The maximum atomic E-state index is 12.4. The molecule has 0 unspecified atom stereocenters. The van der Waals surface area contributed by atoms with Crippen molar-refractivity contribution in [2.75, 3.05) is 7.05 Å². The molecule has 0 aliphatic heterocycles. The zero-order valence-corrected chi connectivity index (χ0v) is 12.5. The zero-order valence-electron chi connectivity index (χ0n) is 11.7. The summed E-state index contributed by atoms with van der Waals surface area (Å²) in [7, 11) is -1.60. The minimum absolute atomic E-state index is 0.00634. The molecule has 1 aliphatic carbocycles. The van der Waals surface area contributed by atoms with E-state index in [1.807, 2.05) is 6.07 Å². The van der Waals surface area contributed by atoms with Gasteiger partial charge < -0.3 is 5.73 Å². The molecule has 1 aromatic carbocycles. The van der Waals surface area contributed by atoms with Crippen molar-refractivity contribution >= 4 is 15.9 Å². The van der Waals surface area contributed by atoms with E-state index in [1.54, 1.807) is 25.2 Å². The van der Waals surface area contributed by atoms with Crippen LogP contribution in [-0.4, -0.2) is 30.9 Å². The van der Waals surface area contributed by atoms with Gasteiger partial charge in [-0.15, -0.1) is 0 Å². The molecule has 1 fully saturated rings. The zero-order chi connectivity index (χ0) is 14.8. The minimum atomic E-state index is -3.22. The van der Waals surface area contributed by atoms with Crippen molar-refractivity contribution in [2.24, 2.45) is 5.73 Å². The van der Waals surface area contributed by atoms with Gasteiger partial charge in [-0.05, 0) is 24.5 Å². The van der Waals surface area contributed by atoms with Gasteiger partial charge in [0, 0.05) is 19.2 Å². The number of hydrogen-bond donors (Lipinski definition) is 2. The van der Waals surface area contributed by atoms with E-state index in [1.165, 1.54) is 4.31 Å². The van der Waals surface area contributed by atoms with Gasteiger partial charge in [-0.1, -0.05) is 31.0 Å². The quantitative estimate of drug-likeness (QED) is 0.640. The summed E-state index contributed by atoms with van der Waals surface area (Å²) in [6.07, 6.45) is 3.52.